The van der Waals surface area contributed by atoms with Crippen LogP contribution in [0.3, 0.4) is 0 Å². The maximum Gasteiger partial charge on any atom is 0.131 e. The summed E-state index contributed by atoms with van der Waals surface area (Å²) in [5.74, 6) is 0.809. The predicted molar refractivity (Wildman–Crippen MR) is 54.3 cm³/mol. The van der Waals surface area contributed by atoms with Crippen LogP contribution in [0.15, 0.2) is 24.3 Å². The minimum absolute atomic E-state index is 0.809. The topological polar surface area (TPSA) is 9.23 Å². The normalized spacial score (nSPS) is 9.18. The van der Waals surface area contributed by atoms with Crippen LogP contribution in [0.5, 0.6) is 5.75 Å². The number of hydrogen-bond donors (Lipinski definition) is 0. The number of rotatable bonds is 2. The summed E-state index contributed by atoms with van der Waals surface area (Å²) in [7, 11) is 1.63. The van der Waals surface area contributed by atoms with Gasteiger partial charge in [0, 0.05) is 5.47 Å². The van der Waals surface area contributed by atoms with Crippen molar-refractivity contribution in [2.45, 2.75) is 0 Å². The molecule has 0 spiro atoms. The molecule has 1 aromatic rings. The lowest BCUT2D eigenvalue weighted by molar-refractivity contribution is 0.418. The van der Waals surface area contributed by atoms with E-state index in [1.807, 2.05) is 24.3 Å². The van der Waals surface area contributed by atoms with Crippen LogP contribution < -0.4 is 10.0 Å². The first-order valence-corrected chi connectivity index (χ1v) is 6.40. The summed E-state index contributed by atoms with van der Waals surface area (Å²) in [6.07, 6.45) is 0. The van der Waals surface area contributed by atoms with E-state index in [1.165, 1.54) is 0 Å². The number of para-hydroxylation sites is 1. The van der Waals surface area contributed by atoms with Crippen LogP contribution >= 0.6 is 5.47 Å². The molecule has 0 atom stereocenters. The zero-order valence-electron chi connectivity index (χ0n) is 5.98. The fourth-order valence-corrected chi connectivity index (χ4v) is 2.24. The molecule has 1 nitrogen and oxygen atoms in total. The van der Waals surface area contributed by atoms with Gasteiger partial charge in [-0.15, -0.1) is 0 Å². The van der Waals surface area contributed by atoms with Crippen molar-refractivity contribution in [3.8, 4) is 5.75 Å². The molecule has 0 aromatic heterocycles. The maximum atomic E-state index is 5.09. The predicted octanol–water partition coefficient (Wildman–Crippen LogP) is 1.73. The SMILES string of the molecule is COc1ccccc1P(=S)=S. The average molecular weight is 202 g/mol. The minimum Gasteiger partial charge on any atom is -0.496 e. The third-order valence-corrected chi connectivity index (χ3v) is 3.22. The third kappa shape index (κ3) is 2.09. The Balaban J connectivity index is 3.23. The second kappa shape index (κ2) is 3.96. The van der Waals surface area contributed by atoms with Crippen molar-refractivity contribution in [1.82, 2.24) is 0 Å². The lowest BCUT2D eigenvalue weighted by Gasteiger charge is -2.01. The van der Waals surface area contributed by atoms with E-state index in [0.29, 0.717) is 0 Å². The Morgan fingerprint density at radius 3 is 2.36 bits per heavy atom. The Hall–Kier alpha value is -0.240. The minimum atomic E-state index is -0.881. The van der Waals surface area contributed by atoms with E-state index in [4.69, 9.17) is 28.4 Å². The van der Waals surface area contributed by atoms with Crippen LogP contribution in [0, 0.1) is 0 Å². The second-order valence-corrected chi connectivity index (χ2v) is 5.81. The molecule has 0 aliphatic heterocycles. The van der Waals surface area contributed by atoms with Crippen molar-refractivity contribution >= 4 is 34.4 Å². The smallest absolute Gasteiger partial charge is 0.131 e. The molecule has 0 radical (unpaired) electrons. The van der Waals surface area contributed by atoms with Crippen molar-refractivity contribution in [3.05, 3.63) is 24.3 Å². The van der Waals surface area contributed by atoms with Gasteiger partial charge in [-0.1, -0.05) is 12.1 Å². The quantitative estimate of drug-likeness (QED) is 0.676. The van der Waals surface area contributed by atoms with E-state index in [-0.39, 0.29) is 0 Å². The van der Waals surface area contributed by atoms with Crippen molar-refractivity contribution < 1.29 is 4.74 Å². The second-order valence-electron chi connectivity index (χ2n) is 1.93. The van der Waals surface area contributed by atoms with Crippen molar-refractivity contribution in [2.24, 2.45) is 0 Å². The van der Waals surface area contributed by atoms with E-state index in [9.17, 15) is 0 Å². The van der Waals surface area contributed by atoms with Crippen LogP contribution in [0.4, 0.5) is 0 Å². The molecule has 0 saturated carbocycles. The molecule has 11 heavy (non-hydrogen) atoms. The third-order valence-electron chi connectivity index (χ3n) is 1.28. The summed E-state index contributed by atoms with van der Waals surface area (Å²) in [5.41, 5.74) is -0.881. The molecule has 0 saturated heterocycles. The molecule has 0 fully saturated rings. The van der Waals surface area contributed by atoms with Gasteiger partial charge in [-0.3, -0.25) is 0 Å². The Morgan fingerprint density at radius 1 is 1.27 bits per heavy atom. The van der Waals surface area contributed by atoms with E-state index >= 15 is 0 Å². The summed E-state index contributed by atoms with van der Waals surface area (Å²) in [5, 5.41) is 0.968. The summed E-state index contributed by atoms with van der Waals surface area (Å²) in [4.78, 5) is 0. The maximum absolute atomic E-state index is 5.09. The molecule has 0 unspecified atom stereocenters. The average Bonchev–Trinajstić information content (AvgIpc) is 2.04. The molecule has 0 heterocycles. The number of benzene rings is 1. The molecule has 1 rings (SSSR count). The molecular formula is C7H7OPS2. The number of ether oxygens (including phenoxy) is 1. The van der Waals surface area contributed by atoms with Gasteiger partial charge in [0.1, 0.15) is 5.75 Å². The molecule has 0 amide bonds. The van der Waals surface area contributed by atoms with Gasteiger partial charge in [0.05, 0.1) is 12.4 Å². The Kier molecular flexibility index (Phi) is 3.18. The molecular weight excluding hydrogens is 195 g/mol. The highest BCUT2D eigenvalue weighted by atomic mass is 32.7. The van der Waals surface area contributed by atoms with Gasteiger partial charge >= 0.3 is 0 Å². The lowest BCUT2D eigenvalue weighted by atomic mass is 10.3. The molecule has 0 N–H and O–H groups in total. The van der Waals surface area contributed by atoms with Gasteiger partial charge in [-0.05, 0) is 35.7 Å². The summed E-state index contributed by atoms with van der Waals surface area (Å²) in [6.45, 7) is 0. The monoisotopic (exact) mass is 202 g/mol. The first-order chi connectivity index (χ1) is 5.25. The number of hydrogen-bond acceptors (Lipinski definition) is 3. The fraction of sp³-hybridized carbons (Fsp3) is 0.143. The van der Waals surface area contributed by atoms with E-state index in [2.05, 4.69) is 0 Å². The molecule has 0 bridgehead atoms. The van der Waals surface area contributed by atoms with E-state index in [1.54, 1.807) is 7.11 Å². The molecule has 4 heteroatoms. The fourth-order valence-electron chi connectivity index (χ4n) is 0.781. The van der Waals surface area contributed by atoms with Crippen LogP contribution in [-0.4, -0.2) is 7.11 Å². The van der Waals surface area contributed by atoms with Gasteiger partial charge in [-0.2, -0.15) is 0 Å². The zero-order chi connectivity index (χ0) is 8.27. The Labute approximate surface area is 76.5 Å². The highest BCUT2D eigenvalue weighted by molar-refractivity contribution is 8.28. The van der Waals surface area contributed by atoms with Gasteiger partial charge in [0.25, 0.3) is 0 Å². The lowest BCUT2D eigenvalue weighted by Crippen LogP contribution is -1.98. The summed E-state index contributed by atoms with van der Waals surface area (Å²) in [6, 6.07) is 7.63. The van der Waals surface area contributed by atoms with Crippen LogP contribution in [0.1, 0.15) is 0 Å². The van der Waals surface area contributed by atoms with E-state index in [0.717, 1.165) is 11.1 Å². The largest absolute Gasteiger partial charge is 0.496 e. The van der Waals surface area contributed by atoms with Crippen LogP contribution in [0.2, 0.25) is 0 Å². The highest BCUT2D eigenvalue weighted by Gasteiger charge is 1.98. The van der Waals surface area contributed by atoms with Gasteiger partial charge in [-0.25, -0.2) is 0 Å². The zero-order valence-corrected chi connectivity index (χ0v) is 8.51. The Morgan fingerprint density at radius 2 is 1.91 bits per heavy atom. The van der Waals surface area contributed by atoms with Crippen LogP contribution in [0.25, 0.3) is 0 Å². The summed E-state index contributed by atoms with van der Waals surface area (Å²) >= 11 is 10.00. The highest BCUT2D eigenvalue weighted by Crippen LogP contribution is 2.15. The van der Waals surface area contributed by atoms with Gasteiger partial charge in [0.2, 0.25) is 0 Å². The van der Waals surface area contributed by atoms with Gasteiger partial charge < -0.3 is 4.74 Å². The molecule has 0 aliphatic rings. The van der Waals surface area contributed by atoms with E-state index < -0.39 is 5.47 Å². The Bertz CT molecular complexity index is 312. The van der Waals surface area contributed by atoms with Crippen molar-refractivity contribution in [3.63, 3.8) is 0 Å². The van der Waals surface area contributed by atoms with Crippen molar-refractivity contribution in [1.29, 1.82) is 0 Å². The van der Waals surface area contributed by atoms with Crippen LogP contribution in [-0.2, 0) is 23.6 Å². The molecule has 1 aromatic carbocycles. The molecule has 0 aliphatic carbocycles. The van der Waals surface area contributed by atoms with Crippen molar-refractivity contribution in [2.75, 3.05) is 7.11 Å². The molecule has 58 valence electrons. The standard InChI is InChI=1S/C7H7OPS2/c1-8-6-4-2-3-5-7(6)9(10)11/h2-5H,1H3. The first-order valence-electron chi connectivity index (χ1n) is 3.03. The first kappa shape index (κ1) is 8.85. The number of methoxy groups -OCH3 is 1. The summed E-state index contributed by atoms with van der Waals surface area (Å²) < 4.78 is 5.09. The van der Waals surface area contributed by atoms with Gasteiger partial charge in [0.15, 0.2) is 0 Å².